The summed E-state index contributed by atoms with van der Waals surface area (Å²) < 4.78 is 2.20. The van der Waals surface area contributed by atoms with Crippen LogP contribution in [0.3, 0.4) is 0 Å². The van der Waals surface area contributed by atoms with Gasteiger partial charge < -0.3 is 0 Å². The second kappa shape index (κ2) is 7.70. The van der Waals surface area contributed by atoms with E-state index in [1.165, 1.54) is 38.5 Å². The van der Waals surface area contributed by atoms with E-state index >= 15 is 0 Å². The lowest BCUT2D eigenvalue weighted by atomic mass is 10.1. The number of rotatable bonds is 7. The minimum Gasteiger partial charge on any atom is -0.205 e. The first-order chi connectivity index (χ1) is 7.33. The number of aryl methyl sites for hydroxylation is 1. The predicted molar refractivity (Wildman–Crippen MR) is 65.0 cm³/mol. The van der Waals surface area contributed by atoms with Crippen molar-refractivity contribution in [1.82, 2.24) is 0 Å². The minimum atomic E-state index is 0.814. The van der Waals surface area contributed by atoms with Gasteiger partial charge in [-0.3, -0.25) is 0 Å². The lowest BCUT2D eigenvalue weighted by Gasteiger charge is -1.98. The summed E-state index contributed by atoms with van der Waals surface area (Å²) in [6, 6.07) is 3.89. The van der Waals surface area contributed by atoms with Crippen LogP contribution in [0.1, 0.15) is 45.4 Å². The fraction of sp³-hybridized carbons (Fsp3) is 0.615. The Morgan fingerprint density at radius 2 is 1.60 bits per heavy atom. The summed E-state index contributed by atoms with van der Waals surface area (Å²) in [6.45, 7) is 3.37. The number of pyridine rings is 1. The van der Waals surface area contributed by atoms with Crippen molar-refractivity contribution in [3.05, 3.63) is 29.5 Å². The van der Waals surface area contributed by atoms with E-state index in [1.54, 1.807) is 0 Å². The molecule has 84 valence electrons. The Labute approximate surface area is 98.1 Å². The molecule has 0 atom stereocenters. The first kappa shape index (κ1) is 12.5. The second-order valence-electron chi connectivity index (χ2n) is 4.02. The molecule has 0 fully saturated rings. The van der Waals surface area contributed by atoms with E-state index in [2.05, 4.69) is 11.5 Å². The lowest BCUT2D eigenvalue weighted by molar-refractivity contribution is -0.697. The molecule has 0 N–H and O–H groups in total. The van der Waals surface area contributed by atoms with Gasteiger partial charge in [-0.1, -0.05) is 44.2 Å². The standard InChI is InChI=1S/C13H21ClN/c1-2-3-4-5-6-7-10-15-11-8-13(14)9-12-15/h8-9,11-12H,2-7,10H2,1H3/q+1. The fourth-order valence-corrected chi connectivity index (χ4v) is 1.78. The van der Waals surface area contributed by atoms with Gasteiger partial charge >= 0.3 is 0 Å². The first-order valence-corrected chi connectivity index (χ1v) is 6.35. The molecule has 0 radical (unpaired) electrons. The molecular weight excluding hydrogens is 206 g/mol. The Balaban J connectivity index is 2.07. The molecule has 0 saturated carbocycles. The SMILES string of the molecule is CCCCCCCC[n+]1ccc(Cl)cc1. The van der Waals surface area contributed by atoms with Crippen LogP contribution in [0.25, 0.3) is 0 Å². The average molecular weight is 227 g/mol. The molecule has 2 heteroatoms. The maximum Gasteiger partial charge on any atom is 0.170 e. The summed E-state index contributed by atoms with van der Waals surface area (Å²) in [5.74, 6) is 0. The van der Waals surface area contributed by atoms with E-state index in [1.807, 2.05) is 24.5 Å². The van der Waals surface area contributed by atoms with Crippen LogP contribution < -0.4 is 4.57 Å². The van der Waals surface area contributed by atoms with Gasteiger partial charge in [0.2, 0.25) is 0 Å². The monoisotopic (exact) mass is 226 g/mol. The van der Waals surface area contributed by atoms with E-state index in [0.29, 0.717) is 0 Å². The zero-order chi connectivity index (χ0) is 10.9. The zero-order valence-electron chi connectivity index (χ0n) is 9.58. The molecule has 0 aliphatic carbocycles. The number of hydrogen-bond acceptors (Lipinski definition) is 0. The summed E-state index contributed by atoms with van der Waals surface area (Å²) >= 11 is 5.82. The molecule has 0 aliphatic rings. The predicted octanol–water partition coefficient (Wildman–Crippen LogP) is 3.99. The molecule has 0 amide bonds. The van der Waals surface area contributed by atoms with Gasteiger partial charge in [0.15, 0.2) is 12.4 Å². The highest BCUT2D eigenvalue weighted by molar-refractivity contribution is 6.30. The number of aromatic nitrogens is 1. The van der Waals surface area contributed by atoms with Crippen LogP contribution in [0.15, 0.2) is 24.5 Å². The van der Waals surface area contributed by atoms with E-state index in [9.17, 15) is 0 Å². The van der Waals surface area contributed by atoms with Crippen LogP contribution in [0, 0.1) is 0 Å². The Kier molecular flexibility index (Phi) is 6.42. The third-order valence-electron chi connectivity index (χ3n) is 2.62. The van der Waals surface area contributed by atoms with Crippen molar-refractivity contribution in [3.63, 3.8) is 0 Å². The molecule has 0 spiro atoms. The summed E-state index contributed by atoms with van der Waals surface area (Å²) in [6.07, 6.45) is 12.2. The highest BCUT2D eigenvalue weighted by atomic mass is 35.5. The third-order valence-corrected chi connectivity index (χ3v) is 2.87. The largest absolute Gasteiger partial charge is 0.205 e. The van der Waals surface area contributed by atoms with Gasteiger partial charge in [-0.25, -0.2) is 4.57 Å². The molecule has 0 unspecified atom stereocenters. The Morgan fingerprint density at radius 1 is 1.00 bits per heavy atom. The van der Waals surface area contributed by atoms with Crippen LogP contribution in [-0.4, -0.2) is 0 Å². The number of hydrogen-bond donors (Lipinski definition) is 0. The average Bonchev–Trinajstić information content (AvgIpc) is 2.26. The van der Waals surface area contributed by atoms with Gasteiger partial charge in [0.05, 0.1) is 5.02 Å². The molecule has 0 aromatic carbocycles. The summed E-state index contributed by atoms with van der Waals surface area (Å²) in [4.78, 5) is 0. The van der Waals surface area contributed by atoms with E-state index in [-0.39, 0.29) is 0 Å². The molecular formula is C13H21ClN+. The Morgan fingerprint density at radius 3 is 2.27 bits per heavy atom. The molecule has 1 aromatic rings. The third kappa shape index (κ3) is 5.78. The van der Waals surface area contributed by atoms with Crippen LogP contribution in [-0.2, 0) is 6.54 Å². The molecule has 0 aliphatic heterocycles. The smallest absolute Gasteiger partial charge is 0.170 e. The topological polar surface area (TPSA) is 3.88 Å². The zero-order valence-corrected chi connectivity index (χ0v) is 10.3. The Hall–Kier alpha value is -0.560. The molecule has 1 heterocycles. The van der Waals surface area contributed by atoms with Crippen molar-refractivity contribution in [2.24, 2.45) is 0 Å². The van der Waals surface area contributed by atoms with Crippen LogP contribution in [0.4, 0.5) is 0 Å². The highest BCUT2D eigenvalue weighted by Crippen LogP contribution is 2.05. The van der Waals surface area contributed by atoms with Crippen LogP contribution in [0.2, 0.25) is 5.02 Å². The minimum absolute atomic E-state index is 0.814. The molecule has 15 heavy (non-hydrogen) atoms. The molecule has 1 rings (SSSR count). The van der Waals surface area contributed by atoms with Gasteiger partial charge in [-0.05, 0) is 6.42 Å². The van der Waals surface area contributed by atoms with Crippen molar-refractivity contribution < 1.29 is 4.57 Å². The van der Waals surface area contributed by atoms with Crippen molar-refractivity contribution in [1.29, 1.82) is 0 Å². The number of halogens is 1. The maximum atomic E-state index is 5.82. The van der Waals surface area contributed by atoms with Gasteiger partial charge in [0.25, 0.3) is 0 Å². The van der Waals surface area contributed by atoms with Crippen molar-refractivity contribution >= 4 is 11.6 Å². The summed E-state index contributed by atoms with van der Waals surface area (Å²) in [5.41, 5.74) is 0. The van der Waals surface area contributed by atoms with Gasteiger partial charge in [0.1, 0.15) is 6.54 Å². The summed E-state index contributed by atoms with van der Waals surface area (Å²) in [7, 11) is 0. The molecule has 0 bridgehead atoms. The van der Waals surface area contributed by atoms with Crippen LogP contribution in [0.5, 0.6) is 0 Å². The first-order valence-electron chi connectivity index (χ1n) is 5.97. The maximum absolute atomic E-state index is 5.82. The van der Waals surface area contributed by atoms with Crippen molar-refractivity contribution in [2.75, 3.05) is 0 Å². The van der Waals surface area contributed by atoms with E-state index in [0.717, 1.165) is 11.6 Å². The van der Waals surface area contributed by atoms with Crippen molar-refractivity contribution in [3.8, 4) is 0 Å². The normalized spacial score (nSPS) is 10.5. The van der Waals surface area contributed by atoms with Crippen molar-refractivity contribution in [2.45, 2.75) is 52.0 Å². The summed E-state index contributed by atoms with van der Waals surface area (Å²) in [5, 5.41) is 0.814. The molecule has 0 saturated heterocycles. The van der Waals surface area contributed by atoms with Crippen LogP contribution >= 0.6 is 11.6 Å². The van der Waals surface area contributed by atoms with E-state index in [4.69, 9.17) is 11.6 Å². The molecule has 1 aromatic heterocycles. The molecule has 1 nitrogen and oxygen atoms in total. The highest BCUT2D eigenvalue weighted by Gasteiger charge is 1.99. The fourth-order valence-electron chi connectivity index (χ4n) is 1.66. The number of nitrogens with zero attached hydrogens (tertiary/aromatic N) is 1. The van der Waals surface area contributed by atoms with E-state index < -0.39 is 0 Å². The van der Waals surface area contributed by atoms with Gasteiger partial charge in [0, 0.05) is 18.6 Å². The second-order valence-corrected chi connectivity index (χ2v) is 4.46. The Bertz CT molecular complexity index is 256. The lowest BCUT2D eigenvalue weighted by Crippen LogP contribution is -2.32. The van der Waals surface area contributed by atoms with Gasteiger partial charge in [-0.15, -0.1) is 0 Å². The number of unbranched alkanes of at least 4 members (excludes halogenated alkanes) is 5. The van der Waals surface area contributed by atoms with Gasteiger partial charge in [-0.2, -0.15) is 0 Å². The quantitative estimate of drug-likeness (QED) is 0.489.